The van der Waals surface area contributed by atoms with Crippen molar-refractivity contribution in [1.29, 1.82) is 0 Å². The van der Waals surface area contributed by atoms with E-state index in [1.54, 1.807) is 7.11 Å². The van der Waals surface area contributed by atoms with Crippen LogP contribution in [0.15, 0.2) is 54.6 Å². The van der Waals surface area contributed by atoms with Crippen LogP contribution in [0.4, 0.5) is 4.79 Å². The highest BCUT2D eigenvalue weighted by molar-refractivity contribution is 14.1. The van der Waals surface area contributed by atoms with Gasteiger partial charge in [-0.05, 0) is 66.5 Å². The molecule has 2 atom stereocenters. The summed E-state index contributed by atoms with van der Waals surface area (Å²) in [6, 6.07) is 18.9. The van der Waals surface area contributed by atoms with Crippen molar-refractivity contribution < 1.29 is 19.1 Å². The van der Waals surface area contributed by atoms with Crippen LogP contribution in [-0.2, 0) is 16.1 Å². The molecular weight excluding hydrogens is 643 g/mol. The lowest BCUT2D eigenvalue weighted by molar-refractivity contribution is -0.139. The predicted molar refractivity (Wildman–Crippen MR) is 173 cm³/mol. The highest BCUT2D eigenvalue weighted by atomic mass is 127. The smallest absolute Gasteiger partial charge is 0.320 e. The molecule has 0 unspecified atom stereocenters. The largest absolute Gasteiger partial charge is 0.497 e. The van der Waals surface area contributed by atoms with E-state index in [2.05, 4.69) is 79.8 Å². The number of halogens is 1. The topological polar surface area (TPSA) is 65.6 Å². The van der Waals surface area contributed by atoms with E-state index in [4.69, 9.17) is 9.47 Å². The first-order valence-corrected chi connectivity index (χ1v) is 17.4. The molecule has 0 aliphatic carbocycles. The lowest BCUT2D eigenvalue weighted by Gasteiger charge is -2.39. The number of amides is 3. The van der Waals surface area contributed by atoms with E-state index in [1.165, 1.54) is 5.56 Å². The first-order chi connectivity index (χ1) is 20.5. The van der Waals surface area contributed by atoms with Crippen molar-refractivity contribution in [2.45, 2.75) is 31.7 Å². The van der Waals surface area contributed by atoms with Gasteiger partial charge in [-0.15, -0.1) is 0 Å². The van der Waals surface area contributed by atoms with Crippen molar-refractivity contribution in [2.75, 3.05) is 77.6 Å². The van der Waals surface area contributed by atoms with E-state index in [0.717, 1.165) is 69.8 Å². The third-order valence-electron chi connectivity index (χ3n) is 9.66. The van der Waals surface area contributed by atoms with Gasteiger partial charge in [-0.25, -0.2) is 4.79 Å². The van der Waals surface area contributed by atoms with E-state index in [0.29, 0.717) is 50.6 Å². The summed E-state index contributed by atoms with van der Waals surface area (Å²) in [6.07, 6.45) is 2.79. The Labute approximate surface area is 264 Å². The molecule has 4 fully saturated rings. The fraction of sp³-hybridized carbons (Fsp3) is 0.576. The molecule has 4 saturated heterocycles. The van der Waals surface area contributed by atoms with Crippen LogP contribution in [0.3, 0.4) is 0 Å². The average Bonchev–Trinajstić information content (AvgIpc) is 3.61. The molecule has 4 aliphatic heterocycles. The predicted octanol–water partition coefficient (Wildman–Crippen LogP) is 4.73. The Bertz CT molecular complexity index is 1170. The molecule has 0 bridgehead atoms. The van der Waals surface area contributed by atoms with Gasteiger partial charge in [-0.3, -0.25) is 4.79 Å². The van der Waals surface area contributed by atoms with Crippen molar-refractivity contribution in [3.05, 3.63) is 65.7 Å². The summed E-state index contributed by atoms with van der Waals surface area (Å²) in [5, 5.41) is 0. The van der Waals surface area contributed by atoms with Crippen LogP contribution in [-0.4, -0.2) is 109 Å². The van der Waals surface area contributed by atoms with Crippen molar-refractivity contribution in [3.8, 4) is 5.75 Å². The number of hydrogen-bond donors (Lipinski definition) is 0. The maximum absolute atomic E-state index is 13.6. The van der Waals surface area contributed by atoms with E-state index >= 15 is 0 Å². The van der Waals surface area contributed by atoms with Gasteiger partial charge in [0, 0.05) is 51.7 Å². The Balaban J connectivity index is 0.00000173. The van der Waals surface area contributed by atoms with E-state index in [9.17, 15) is 9.59 Å². The SMILES string of the molecule is CI.COc1ccc(CN2CCC3(CCN(C[C@H]4CN(C(=O)N5CCOCC5)C[C@@H]4c4ccccc4)CC3)C2=O)cc1. The van der Waals surface area contributed by atoms with Gasteiger partial charge in [-0.1, -0.05) is 65.1 Å². The highest BCUT2D eigenvalue weighted by Gasteiger charge is 2.48. The maximum Gasteiger partial charge on any atom is 0.320 e. The summed E-state index contributed by atoms with van der Waals surface area (Å²) in [7, 11) is 1.67. The Morgan fingerprint density at radius 2 is 1.57 bits per heavy atom. The summed E-state index contributed by atoms with van der Waals surface area (Å²) in [5.74, 6) is 1.88. The summed E-state index contributed by atoms with van der Waals surface area (Å²) < 4.78 is 10.7. The maximum atomic E-state index is 13.6. The van der Waals surface area contributed by atoms with Crippen molar-refractivity contribution >= 4 is 34.5 Å². The molecule has 0 aromatic heterocycles. The number of carbonyl (C=O) groups is 2. The van der Waals surface area contributed by atoms with Gasteiger partial charge in [0.25, 0.3) is 0 Å². The molecule has 0 N–H and O–H groups in total. The minimum Gasteiger partial charge on any atom is -0.497 e. The molecule has 4 heterocycles. The number of urea groups is 1. The van der Waals surface area contributed by atoms with Gasteiger partial charge in [-0.2, -0.15) is 0 Å². The minimum atomic E-state index is -0.212. The average molecular weight is 689 g/mol. The van der Waals surface area contributed by atoms with Crippen LogP contribution < -0.4 is 4.74 Å². The lowest BCUT2D eigenvalue weighted by Crippen LogP contribution is -2.48. The van der Waals surface area contributed by atoms with Crippen molar-refractivity contribution in [1.82, 2.24) is 19.6 Å². The van der Waals surface area contributed by atoms with Crippen molar-refractivity contribution in [2.24, 2.45) is 11.3 Å². The van der Waals surface area contributed by atoms with Crippen LogP contribution in [0, 0.1) is 11.3 Å². The third kappa shape index (κ3) is 6.89. The Kier molecular flexibility index (Phi) is 10.7. The Hall–Kier alpha value is -2.37. The number of rotatable bonds is 6. The number of morpholine rings is 1. The van der Waals surface area contributed by atoms with E-state index < -0.39 is 0 Å². The zero-order valence-corrected chi connectivity index (χ0v) is 27.2. The van der Waals surface area contributed by atoms with Crippen LogP contribution >= 0.6 is 22.6 Å². The number of ether oxygens (including phenoxy) is 2. The number of nitrogens with zero attached hydrogens (tertiary/aromatic N) is 4. The minimum absolute atomic E-state index is 0.151. The molecule has 228 valence electrons. The fourth-order valence-electron chi connectivity index (χ4n) is 7.20. The molecule has 9 heteroatoms. The molecule has 4 aliphatic rings. The molecule has 6 rings (SSSR count). The zero-order chi connectivity index (χ0) is 29.5. The number of carbonyl (C=O) groups excluding carboxylic acids is 2. The number of methoxy groups -OCH3 is 1. The molecule has 0 radical (unpaired) electrons. The van der Waals surface area contributed by atoms with Gasteiger partial charge in [0.05, 0.1) is 25.7 Å². The molecule has 2 aromatic rings. The van der Waals surface area contributed by atoms with Gasteiger partial charge >= 0.3 is 6.03 Å². The molecule has 42 heavy (non-hydrogen) atoms. The van der Waals surface area contributed by atoms with Crippen LogP contribution in [0.2, 0.25) is 0 Å². The molecule has 8 nitrogen and oxygen atoms in total. The van der Waals surface area contributed by atoms with Gasteiger partial charge in [0.1, 0.15) is 5.75 Å². The zero-order valence-electron chi connectivity index (χ0n) is 25.1. The van der Waals surface area contributed by atoms with Crippen molar-refractivity contribution in [3.63, 3.8) is 0 Å². The molecule has 2 aromatic carbocycles. The number of piperidine rings is 1. The fourth-order valence-corrected chi connectivity index (χ4v) is 7.20. The second-order valence-corrected chi connectivity index (χ2v) is 12.0. The second-order valence-electron chi connectivity index (χ2n) is 12.0. The Morgan fingerprint density at radius 3 is 2.24 bits per heavy atom. The van der Waals surface area contributed by atoms with Gasteiger partial charge < -0.3 is 29.1 Å². The summed E-state index contributed by atoms with van der Waals surface area (Å²) >= 11 is 2.15. The molecular formula is C33H45IN4O4. The van der Waals surface area contributed by atoms with Gasteiger partial charge in [0.15, 0.2) is 0 Å². The quantitative estimate of drug-likeness (QED) is 0.325. The molecule has 1 spiro atoms. The molecule has 0 saturated carbocycles. The summed E-state index contributed by atoms with van der Waals surface area (Å²) in [4.78, 5) is 37.5. The second kappa shape index (κ2) is 14.4. The normalized spacial score (nSPS) is 24.1. The number of hydrogen-bond acceptors (Lipinski definition) is 5. The molecule has 3 amide bonds. The summed E-state index contributed by atoms with van der Waals surface area (Å²) in [6.45, 7) is 8.49. The monoisotopic (exact) mass is 688 g/mol. The summed E-state index contributed by atoms with van der Waals surface area (Å²) in [5.41, 5.74) is 2.25. The highest BCUT2D eigenvalue weighted by Crippen LogP contribution is 2.43. The number of benzene rings is 2. The third-order valence-corrected chi connectivity index (χ3v) is 9.66. The lowest BCUT2D eigenvalue weighted by atomic mass is 9.76. The number of likely N-dealkylation sites (tertiary alicyclic amines) is 3. The first kappa shape index (κ1) is 31.1. The van der Waals surface area contributed by atoms with Crippen LogP contribution in [0.25, 0.3) is 0 Å². The van der Waals surface area contributed by atoms with E-state index in [1.807, 2.05) is 22.0 Å². The van der Waals surface area contributed by atoms with Crippen LogP contribution in [0.5, 0.6) is 5.75 Å². The van der Waals surface area contributed by atoms with Crippen LogP contribution in [0.1, 0.15) is 36.3 Å². The van der Waals surface area contributed by atoms with Gasteiger partial charge in [0.2, 0.25) is 5.91 Å². The van der Waals surface area contributed by atoms with E-state index in [-0.39, 0.29) is 11.4 Å². The number of alkyl halides is 1. The first-order valence-electron chi connectivity index (χ1n) is 15.2. The standard InChI is InChI=1S/C32H42N4O4.CH3I/c1-39-28-9-7-25(8-10-28)21-35-16-13-32(30(35)37)11-14-33(15-12-32)22-27-23-36(31(38)34-17-19-40-20-18-34)24-29(27)26-5-3-2-4-6-26;1-2/h2-10,27,29H,11-24H2,1H3;1H3/t27-,29+;/m0./s1. The Morgan fingerprint density at radius 1 is 0.905 bits per heavy atom.